The maximum Gasteiger partial charge on any atom is 0.138 e. The average Bonchev–Trinajstić information content (AvgIpc) is 2.34. The Kier molecular flexibility index (Phi) is 6.43. The lowest BCUT2D eigenvalue weighted by atomic mass is 10.1. The number of benzene rings is 1. The number of aliphatic hydroxyl groups excluding tert-OH is 2. The zero-order valence-corrected chi connectivity index (χ0v) is 11.4. The number of halogens is 1. The van der Waals surface area contributed by atoms with E-state index in [1.807, 2.05) is 6.92 Å². The highest BCUT2D eigenvalue weighted by atomic mass is 35.5. The maximum atomic E-state index is 9.54. The van der Waals surface area contributed by atoms with Crippen molar-refractivity contribution in [2.24, 2.45) is 0 Å². The van der Waals surface area contributed by atoms with Crippen molar-refractivity contribution in [2.45, 2.75) is 26.1 Å². The summed E-state index contributed by atoms with van der Waals surface area (Å²) in [5.41, 5.74) is 0.724. The molecule has 2 unspecified atom stereocenters. The Hall–Kier alpha value is -0.810. The average molecular weight is 275 g/mol. The van der Waals surface area contributed by atoms with Crippen LogP contribution in [0.15, 0.2) is 18.2 Å². The van der Waals surface area contributed by atoms with Gasteiger partial charge in [0, 0.05) is 6.61 Å². The van der Waals surface area contributed by atoms with Gasteiger partial charge in [-0.25, -0.2) is 0 Å². The molecule has 2 N–H and O–H groups in total. The molecular weight excluding hydrogens is 256 g/mol. The quantitative estimate of drug-likeness (QED) is 0.800. The van der Waals surface area contributed by atoms with Crippen molar-refractivity contribution < 1.29 is 19.7 Å². The first-order valence-corrected chi connectivity index (χ1v) is 6.28. The molecule has 1 rings (SSSR count). The van der Waals surface area contributed by atoms with Crippen molar-refractivity contribution in [1.29, 1.82) is 0 Å². The Balaban J connectivity index is 2.52. The third-order valence-corrected chi connectivity index (χ3v) is 2.68. The number of aliphatic hydroxyl groups is 2. The topological polar surface area (TPSA) is 58.9 Å². The van der Waals surface area contributed by atoms with Gasteiger partial charge in [-0.3, -0.25) is 0 Å². The van der Waals surface area contributed by atoms with E-state index in [0.717, 1.165) is 5.56 Å². The summed E-state index contributed by atoms with van der Waals surface area (Å²) in [5, 5.41) is 19.4. The normalized spacial score (nSPS) is 14.3. The highest BCUT2D eigenvalue weighted by molar-refractivity contribution is 6.32. The zero-order chi connectivity index (χ0) is 13.5. The van der Waals surface area contributed by atoms with Crippen LogP contribution in [0.5, 0.6) is 5.75 Å². The molecule has 0 radical (unpaired) electrons. The molecule has 0 saturated heterocycles. The van der Waals surface area contributed by atoms with Crippen LogP contribution in [0.4, 0.5) is 0 Å². The minimum atomic E-state index is -0.683. The van der Waals surface area contributed by atoms with E-state index in [-0.39, 0.29) is 13.2 Å². The van der Waals surface area contributed by atoms with Crippen LogP contribution in [0, 0.1) is 0 Å². The molecule has 0 fully saturated rings. The van der Waals surface area contributed by atoms with Gasteiger partial charge >= 0.3 is 0 Å². The van der Waals surface area contributed by atoms with Gasteiger partial charge < -0.3 is 19.7 Å². The summed E-state index contributed by atoms with van der Waals surface area (Å²) in [7, 11) is 0. The van der Waals surface area contributed by atoms with Crippen LogP contribution in [-0.4, -0.2) is 36.1 Å². The molecule has 0 aliphatic carbocycles. The molecule has 4 nitrogen and oxygen atoms in total. The summed E-state index contributed by atoms with van der Waals surface area (Å²) in [4.78, 5) is 0. The molecule has 0 aliphatic heterocycles. The van der Waals surface area contributed by atoms with Gasteiger partial charge in [0.2, 0.25) is 0 Å². The van der Waals surface area contributed by atoms with Crippen molar-refractivity contribution in [3.8, 4) is 5.75 Å². The van der Waals surface area contributed by atoms with Crippen LogP contribution in [-0.2, 0) is 4.74 Å². The van der Waals surface area contributed by atoms with Crippen molar-refractivity contribution in [2.75, 3.05) is 19.8 Å². The lowest BCUT2D eigenvalue weighted by Crippen LogP contribution is -2.23. The van der Waals surface area contributed by atoms with Gasteiger partial charge in [0.25, 0.3) is 0 Å². The second-order valence-electron chi connectivity index (χ2n) is 3.99. The van der Waals surface area contributed by atoms with E-state index in [1.165, 1.54) is 0 Å². The molecule has 1 aromatic rings. The van der Waals surface area contributed by atoms with E-state index in [9.17, 15) is 10.2 Å². The summed E-state index contributed by atoms with van der Waals surface area (Å²) < 4.78 is 10.5. The van der Waals surface area contributed by atoms with Gasteiger partial charge in [0.05, 0.1) is 17.7 Å². The zero-order valence-electron chi connectivity index (χ0n) is 10.6. The first-order valence-electron chi connectivity index (χ1n) is 5.90. The summed E-state index contributed by atoms with van der Waals surface area (Å²) in [6, 6.07) is 5.06. The molecule has 18 heavy (non-hydrogen) atoms. The monoisotopic (exact) mass is 274 g/mol. The molecule has 2 atom stereocenters. The lowest BCUT2D eigenvalue weighted by molar-refractivity contribution is 0.0164. The SMILES string of the molecule is CCOCC(O)COc1ccc(C(C)O)cc1Cl. The number of hydrogen-bond donors (Lipinski definition) is 2. The van der Waals surface area contributed by atoms with Gasteiger partial charge in [-0.05, 0) is 31.5 Å². The second kappa shape index (κ2) is 7.59. The van der Waals surface area contributed by atoms with Crippen LogP contribution >= 0.6 is 11.6 Å². The lowest BCUT2D eigenvalue weighted by Gasteiger charge is -2.14. The van der Waals surface area contributed by atoms with Gasteiger partial charge in [0.1, 0.15) is 18.5 Å². The predicted molar refractivity (Wildman–Crippen MR) is 70.1 cm³/mol. The molecule has 0 heterocycles. The summed E-state index contributed by atoms with van der Waals surface area (Å²) in [5.74, 6) is 0.483. The third kappa shape index (κ3) is 4.82. The largest absolute Gasteiger partial charge is 0.489 e. The van der Waals surface area contributed by atoms with E-state index < -0.39 is 12.2 Å². The summed E-state index contributed by atoms with van der Waals surface area (Å²) in [6.07, 6.45) is -1.25. The molecule has 1 aromatic carbocycles. The smallest absolute Gasteiger partial charge is 0.138 e. The molecule has 0 aliphatic rings. The molecule has 0 saturated carbocycles. The molecule has 5 heteroatoms. The molecule has 102 valence electrons. The minimum Gasteiger partial charge on any atom is -0.489 e. The summed E-state index contributed by atoms with van der Waals surface area (Å²) >= 11 is 6.01. The highest BCUT2D eigenvalue weighted by Gasteiger charge is 2.09. The van der Waals surface area contributed by atoms with E-state index in [1.54, 1.807) is 25.1 Å². The fraction of sp³-hybridized carbons (Fsp3) is 0.538. The minimum absolute atomic E-state index is 0.119. The first-order chi connectivity index (χ1) is 8.54. The number of rotatable bonds is 7. The number of ether oxygens (including phenoxy) is 2. The van der Waals surface area contributed by atoms with Gasteiger partial charge in [-0.2, -0.15) is 0 Å². The Labute approximate surface area is 112 Å². The second-order valence-corrected chi connectivity index (χ2v) is 4.40. The van der Waals surface area contributed by atoms with Crippen LogP contribution < -0.4 is 4.74 Å². The molecule has 0 bridgehead atoms. The van der Waals surface area contributed by atoms with Crippen LogP contribution in [0.25, 0.3) is 0 Å². The van der Waals surface area contributed by atoms with Gasteiger partial charge in [0.15, 0.2) is 0 Å². The van der Waals surface area contributed by atoms with Crippen molar-refractivity contribution in [3.63, 3.8) is 0 Å². The third-order valence-electron chi connectivity index (χ3n) is 2.38. The Bertz CT molecular complexity index is 368. The molecular formula is C13H19ClO4. The molecule has 0 amide bonds. The molecule has 0 spiro atoms. The fourth-order valence-electron chi connectivity index (χ4n) is 1.38. The molecule has 0 aromatic heterocycles. The Morgan fingerprint density at radius 2 is 2.00 bits per heavy atom. The van der Waals surface area contributed by atoms with Crippen molar-refractivity contribution >= 4 is 11.6 Å². The first kappa shape index (κ1) is 15.2. The van der Waals surface area contributed by atoms with Crippen molar-refractivity contribution in [3.05, 3.63) is 28.8 Å². The Morgan fingerprint density at radius 3 is 2.56 bits per heavy atom. The maximum absolute atomic E-state index is 9.54. The van der Waals surface area contributed by atoms with Crippen LogP contribution in [0.1, 0.15) is 25.5 Å². The standard InChI is InChI=1S/C13H19ClO4/c1-3-17-7-11(16)8-18-13-5-4-10(9(2)15)6-12(13)14/h4-6,9,11,15-16H,3,7-8H2,1-2H3. The highest BCUT2D eigenvalue weighted by Crippen LogP contribution is 2.27. The van der Waals surface area contributed by atoms with E-state index in [4.69, 9.17) is 21.1 Å². The van der Waals surface area contributed by atoms with Crippen LogP contribution in [0.3, 0.4) is 0 Å². The van der Waals surface area contributed by atoms with E-state index in [2.05, 4.69) is 0 Å². The predicted octanol–water partition coefficient (Wildman–Crippen LogP) is 2.17. The van der Waals surface area contributed by atoms with E-state index in [0.29, 0.717) is 17.4 Å². The van der Waals surface area contributed by atoms with Crippen molar-refractivity contribution in [1.82, 2.24) is 0 Å². The van der Waals surface area contributed by atoms with Gasteiger partial charge in [-0.15, -0.1) is 0 Å². The van der Waals surface area contributed by atoms with E-state index >= 15 is 0 Å². The Morgan fingerprint density at radius 1 is 1.28 bits per heavy atom. The van der Waals surface area contributed by atoms with Gasteiger partial charge in [-0.1, -0.05) is 17.7 Å². The fourth-order valence-corrected chi connectivity index (χ4v) is 1.63. The van der Waals surface area contributed by atoms with Crippen LogP contribution in [0.2, 0.25) is 5.02 Å². The summed E-state index contributed by atoms with van der Waals surface area (Å²) in [6.45, 7) is 4.44. The number of hydrogen-bond acceptors (Lipinski definition) is 4.